The Labute approximate surface area is 90.3 Å². The van der Waals surface area contributed by atoms with Crippen LogP contribution in [0.25, 0.3) is 0 Å². The number of rotatable bonds is 3. The summed E-state index contributed by atoms with van der Waals surface area (Å²) in [6.07, 6.45) is 4.36. The van der Waals surface area contributed by atoms with E-state index in [1.807, 2.05) is 20.8 Å². The fourth-order valence-corrected chi connectivity index (χ4v) is 1.30. The van der Waals surface area contributed by atoms with Gasteiger partial charge < -0.3 is 9.88 Å². The topological polar surface area (TPSA) is 46.9 Å². The molecule has 0 amide bonds. The predicted molar refractivity (Wildman–Crippen MR) is 62.3 cm³/mol. The summed E-state index contributed by atoms with van der Waals surface area (Å²) in [6, 6.07) is 0. The average Bonchev–Trinajstić information content (AvgIpc) is 2.14. The highest BCUT2D eigenvalue weighted by Gasteiger charge is 2.16. The van der Waals surface area contributed by atoms with Crippen molar-refractivity contribution in [3.8, 4) is 0 Å². The zero-order chi connectivity index (χ0) is 11.5. The molecule has 4 heteroatoms. The summed E-state index contributed by atoms with van der Waals surface area (Å²) < 4.78 is 1.69. The Morgan fingerprint density at radius 3 is 2.67 bits per heavy atom. The molecule has 0 unspecified atom stereocenters. The van der Waals surface area contributed by atoms with Crippen LogP contribution in [0.5, 0.6) is 0 Å². The van der Waals surface area contributed by atoms with Crippen LogP contribution < -0.4 is 10.9 Å². The molecule has 1 rings (SSSR count). The first-order chi connectivity index (χ1) is 6.96. The highest BCUT2D eigenvalue weighted by molar-refractivity contribution is 5.30. The Morgan fingerprint density at radius 1 is 1.47 bits per heavy atom. The van der Waals surface area contributed by atoms with Crippen molar-refractivity contribution in [3.63, 3.8) is 0 Å². The quantitative estimate of drug-likeness (QED) is 0.826. The average molecular weight is 209 g/mol. The lowest BCUT2D eigenvalue weighted by atomic mass is 10.1. The Balaban J connectivity index is 3.07. The third-order valence-corrected chi connectivity index (χ3v) is 2.11. The Bertz CT molecular complexity index is 376. The molecule has 0 saturated heterocycles. The molecule has 0 spiro atoms. The van der Waals surface area contributed by atoms with Gasteiger partial charge in [-0.2, -0.15) is 0 Å². The van der Waals surface area contributed by atoms with Crippen LogP contribution in [0, 0.1) is 0 Å². The fraction of sp³-hybridized carbons (Fsp3) is 0.636. The Morgan fingerprint density at radius 2 is 2.13 bits per heavy atom. The molecule has 1 heterocycles. The molecular weight excluding hydrogens is 190 g/mol. The van der Waals surface area contributed by atoms with Crippen molar-refractivity contribution in [2.75, 3.05) is 11.9 Å². The molecule has 1 N–H and O–H groups in total. The first-order valence-electron chi connectivity index (χ1n) is 5.29. The largest absolute Gasteiger partial charge is 0.365 e. The molecule has 0 aliphatic carbocycles. The maximum Gasteiger partial charge on any atom is 0.293 e. The number of nitrogens with zero attached hydrogens (tertiary/aromatic N) is 2. The molecule has 0 atom stereocenters. The maximum atomic E-state index is 12.0. The van der Waals surface area contributed by atoms with Gasteiger partial charge in [-0.25, -0.2) is 4.98 Å². The lowest BCUT2D eigenvalue weighted by Crippen LogP contribution is -2.35. The molecule has 1 aromatic heterocycles. The predicted octanol–water partition coefficient (Wildman–Crippen LogP) is 1.82. The van der Waals surface area contributed by atoms with Gasteiger partial charge in [-0.1, -0.05) is 6.92 Å². The zero-order valence-electron chi connectivity index (χ0n) is 9.87. The fourth-order valence-electron chi connectivity index (χ4n) is 1.30. The van der Waals surface area contributed by atoms with E-state index in [1.54, 1.807) is 17.0 Å². The van der Waals surface area contributed by atoms with E-state index in [0.717, 1.165) is 13.0 Å². The van der Waals surface area contributed by atoms with Crippen molar-refractivity contribution >= 4 is 5.82 Å². The second-order valence-corrected chi connectivity index (χ2v) is 4.55. The molecule has 0 aliphatic heterocycles. The van der Waals surface area contributed by atoms with E-state index in [1.165, 1.54) is 0 Å². The molecule has 1 aromatic rings. The first kappa shape index (κ1) is 11.8. The van der Waals surface area contributed by atoms with Crippen LogP contribution in [-0.4, -0.2) is 16.1 Å². The van der Waals surface area contributed by atoms with Gasteiger partial charge in [0.05, 0.1) is 0 Å². The third-order valence-electron chi connectivity index (χ3n) is 2.11. The molecule has 0 aliphatic rings. The van der Waals surface area contributed by atoms with Crippen molar-refractivity contribution in [2.24, 2.45) is 0 Å². The molecule has 0 saturated carbocycles. The molecule has 0 aromatic carbocycles. The van der Waals surface area contributed by atoms with Crippen LogP contribution in [-0.2, 0) is 5.54 Å². The molecule has 84 valence electrons. The third kappa shape index (κ3) is 2.81. The molecule has 0 radical (unpaired) electrons. The number of hydrogen-bond acceptors (Lipinski definition) is 3. The second-order valence-electron chi connectivity index (χ2n) is 4.55. The minimum Gasteiger partial charge on any atom is -0.365 e. The van der Waals surface area contributed by atoms with Crippen molar-refractivity contribution in [1.29, 1.82) is 0 Å². The summed E-state index contributed by atoms with van der Waals surface area (Å²) in [6.45, 7) is 8.82. The zero-order valence-corrected chi connectivity index (χ0v) is 9.87. The van der Waals surface area contributed by atoms with E-state index in [2.05, 4.69) is 17.2 Å². The number of anilines is 1. The van der Waals surface area contributed by atoms with Crippen LogP contribution >= 0.6 is 0 Å². The van der Waals surface area contributed by atoms with Gasteiger partial charge in [0.1, 0.15) is 0 Å². The molecule has 4 nitrogen and oxygen atoms in total. The second kappa shape index (κ2) is 4.47. The summed E-state index contributed by atoms with van der Waals surface area (Å²) >= 11 is 0. The summed E-state index contributed by atoms with van der Waals surface area (Å²) in [5, 5.41) is 3.03. The summed E-state index contributed by atoms with van der Waals surface area (Å²) in [5.41, 5.74) is -0.263. The molecule has 0 bridgehead atoms. The number of aromatic nitrogens is 2. The van der Waals surface area contributed by atoms with E-state index in [0.29, 0.717) is 5.82 Å². The van der Waals surface area contributed by atoms with Crippen molar-refractivity contribution in [1.82, 2.24) is 9.55 Å². The summed E-state index contributed by atoms with van der Waals surface area (Å²) in [7, 11) is 0. The molecule has 15 heavy (non-hydrogen) atoms. The van der Waals surface area contributed by atoms with Crippen LogP contribution in [0.4, 0.5) is 5.82 Å². The van der Waals surface area contributed by atoms with E-state index in [9.17, 15) is 4.79 Å². The van der Waals surface area contributed by atoms with Crippen LogP contribution in [0.2, 0.25) is 0 Å². The maximum absolute atomic E-state index is 12.0. The lowest BCUT2D eigenvalue weighted by Gasteiger charge is -2.22. The summed E-state index contributed by atoms with van der Waals surface area (Å²) in [4.78, 5) is 16.0. The van der Waals surface area contributed by atoms with Gasteiger partial charge in [0.25, 0.3) is 5.56 Å². The standard InChI is InChI=1S/C11H19N3O/c1-5-6-12-9-10(15)14(8-7-13-9)11(2,3)4/h7-8H,5-6H2,1-4H3,(H,12,13). The van der Waals surface area contributed by atoms with Crippen LogP contribution in [0.1, 0.15) is 34.1 Å². The van der Waals surface area contributed by atoms with Gasteiger partial charge in [0.15, 0.2) is 5.82 Å². The SMILES string of the molecule is CCCNc1nccn(C(C)(C)C)c1=O. The first-order valence-corrected chi connectivity index (χ1v) is 5.29. The minimum atomic E-state index is -0.206. The van der Waals surface area contributed by atoms with E-state index >= 15 is 0 Å². The minimum absolute atomic E-state index is 0.0570. The molecule has 0 fully saturated rings. The summed E-state index contributed by atoms with van der Waals surface area (Å²) in [5.74, 6) is 0.439. The van der Waals surface area contributed by atoms with Crippen molar-refractivity contribution < 1.29 is 0 Å². The van der Waals surface area contributed by atoms with Gasteiger partial charge in [-0.05, 0) is 27.2 Å². The van der Waals surface area contributed by atoms with Crippen LogP contribution in [0.3, 0.4) is 0 Å². The monoisotopic (exact) mass is 209 g/mol. The van der Waals surface area contributed by atoms with Gasteiger partial charge in [0.2, 0.25) is 0 Å². The van der Waals surface area contributed by atoms with Gasteiger partial charge in [-0.15, -0.1) is 0 Å². The van der Waals surface area contributed by atoms with Crippen LogP contribution in [0.15, 0.2) is 17.2 Å². The highest BCUT2D eigenvalue weighted by atomic mass is 16.1. The Hall–Kier alpha value is -1.32. The highest BCUT2D eigenvalue weighted by Crippen LogP contribution is 2.10. The Kier molecular flexibility index (Phi) is 3.50. The van der Waals surface area contributed by atoms with E-state index in [4.69, 9.17) is 0 Å². The molecular formula is C11H19N3O. The number of nitrogens with one attached hydrogen (secondary N) is 1. The van der Waals surface area contributed by atoms with E-state index in [-0.39, 0.29) is 11.1 Å². The normalized spacial score (nSPS) is 11.5. The smallest absolute Gasteiger partial charge is 0.293 e. The van der Waals surface area contributed by atoms with Gasteiger partial charge >= 0.3 is 0 Å². The van der Waals surface area contributed by atoms with Crippen molar-refractivity contribution in [2.45, 2.75) is 39.7 Å². The van der Waals surface area contributed by atoms with Gasteiger partial charge in [-0.3, -0.25) is 4.79 Å². The lowest BCUT2D eigenvalue weighted by molar-refractivity contribution is 0.383. The van der Waals surface area contributed by atoms with E-state index < -0.39 is 0 Å². The van der Waals surface area contributed by atoms with Crippen molar-refractivity contribution in [3.05, 3.63) is 22.7 Å². The van der Waals surface area contributed by atoms with Gasteiger partial charge in [0, 0.05) is 24.5 Å². The number of hydrogen-bond donors (Lipinski definition) is 1.